The number of nitrogens with zero attached hydrogens (tertiary/aromatic N) is 1. The summed E-state index contributed by atoms with van der Waals surface area (Å²) in [6.45, 7) is 0.861. The van der Waals surface area contributed by atoms with Gasteiger partial charge in [0.1, 0.15) is 0 Å². The summed E-state index contributed by atoms with van der Waals surface area (Å²) in [6.07, 6.45) is 1.74. The number of nitrogens with one attached hydrogen (secondary N) is 2. The van der Waals surface area contributed by atoms with Crippen LogP contribution in [-0.2, 0) is 6.54 Å². The van der Waals surface area contributed by atoms with Gasteiger partial charge in [-0.25, -0.2) is 0 Å². The number of rotatable bonds is 2. The molecule has 1 aromatic rings. The molecule has 0 spiro atoms. The lowest BCUT2D eigenvalue weighted by molar-refractivity contribution is 0.784. The van der Waals surface area contributed by atoms with Crippen LogP contribution in [0.15, 0.2) is 12.3 Å². The van der Waals surface area contributed by atoms with Gasteiger partial charge in [0, 0.05) is 18.4 Å². The van der Waals surface area contributed by atoms with E-state index in [1.54, 1.807) is 6.20 Å². The quantitative estimate of drug-likeness (QED) is 0.718. The van der Waals surface area contributed by atoms with Gasteiger partial charge in [0.15, 0.2) is 0 Å². The third-order valence-electron chi connectivity index (χ3n) is 0.926. The van der Waals surface area contributed by atoms with E-state index in [0.717, 1.165) is 12.2 Å². The van der Waals surface area contributed by atoms with Crippen molar-refractivity contribution in [1.29, 1.82) is 0 Å². The predicted molar refractivity (Wildman–Crippen MR) is 45.8 cm³/mol. The highest BCUT2D eigenvalue weighted by Gasteiger charge is 1.85. The largest absolute Gasteiger partial charge is 0.314 e. The Morgan fingerprint density at radius 3 is 2.70 bits per heavy atom. The molecule has 60 valence electrons. The van der Waals surface area contributed by atoms with Crippen molar-refractivity contribution < 1.29 is 0 Å². The Balaban J connectivity index is 0. The Morgan fingerprint density at radius 1 is 1.60 bits per heavy atom. The van der Waals surface area contributed by atoms with Gasteiger partial charge in [-0.1, -0.05) is 0 Å². The number of halogens is 2. The molecule has 0 atom stereocenters. The molecule has 0 unspecified atom stereocenters. The lowest BCUT2D eigenvalue weighted by atomic mass is 10.4. The van der Waals surface area contributed by atoms with Gasteiger partial charge in [-0.2, -0.15) is 5.10 Å². The molecule has 1 heterocycles. The fraction of sp³-hybridized carbons (Fsp3) is 0.400. The molecule has 0 fully saturated rings. The summed E-state index contributed by atoms with van der Waals surface area (Å²) in [6, 6.07) is 1.94. The third-order valence-corrected chi connectivity index (χ3v) is 0.926. The Hall–Kier alpha value is -0.250. The molecule has 0 bridgehead atoms. The van der Waals surface area contributed by atoms with Crippen molar-refractivity contribution in [2.75, 3.05) is 7.05 Å². The molecule has 0 aliphatic heterocycles. The van der Waals surface area contributed by atoms with Gasteiger partial charge in [0.2, 0.25) is 0 Å². The lowest BCUT2D eigenvalue weighted by Gasteiger charge is -1.89. The second-order valence-electron chi connectivity index (χ2n) is 1.61. The zero-order valence-corrected chi connectivity index (χ0v) is 7.26. The number of aromatic amines is 1. The maximum Gasteiger partial charge on any atom is 0.0490 e. The molecule has 2 N–H and O–H groups in total. The Labute approximate surface area is 72.4 Å². The average Bonchev–Trinajstić information content (AvgIpc) is 2.19. The van der Waals surface area contributed by atoms with E-state index < -0.39 is 0 Å². The van der Waals surface area contributed by atoms with Crippen molar-refractivity contribution >= 4 is 24.8 Å². The standard InChI is InChI=1S/C5H9N3.2ClH/c1-6-4-5-2-3-7-8-5;;/h2-3,6H,4H2,1H3,(H,7,8);2*1H. The zero-order valence-electron chi connectivity index (χ0n) is 5.63. The van der Waals surface area contributed by atoms with Gasteiger partial charge in [-0.3, -0.25) is 5.10 Å². The first kappa shape index (κ1) is 12.4. The summed E-state index contributed by atoms with van der Waals surface area (Å²) < 4.78 is 0. The number of hydrogen-bond donors (Lipinski definition) is 2. The lowest BCUT2D eigenvalue weighted by Crippen LogP contribution is -2.04. The van der Waals surface area contributed by atoms with Crippen LogP contribution in [0.5, 0.6) is 0 Å². The number of H-pyrrole nitrogens is 1. The van der Waals surface area contributed by atoms with E-state index in [9.17, 15) is 0 Å². The second-order valence-corrected chi connectivity index (χ2v) is 1.61. The summed E-state index contributed by atoms with van der Waals surface area (Å²) in [4.78, 5) is 0. The van der Waals surface area contributed by atoms with Crippen LogP contribution in [0.2, 0.25) is 0 Å². The second kappa shape index (κ2) is 6.86. The molecule has 0 amide bonds. The van der Waals surface area contributed by atoms with Crippen LogP contribution in [0, 0.1) is 0 Å². The van der Waals surface area contributed by atoms with E-state index >= 15 is 0 Å². The minimum Gasteiger partial charge on any atom is -0.314 e. The third kappa shape index (κ3) is 3.71. The molecule has 0 saturated heterocycles. The maximum absolute atomic E-state index is 3.78. The Bertz CT molecular complexity index is 141. The first-order chi connectivity index (χ1) is 3.93. The van der Waals surface area contributed by atoms with Crippen LogP contribution < -0.4 is 5.32 Å². The molecule has 0 aromatic carbocycles. The highest BCUT2D eigenvalue weighted by molar-refractivity contribution is 5.85. The highest BCUT2D eigenvalue weighted by atomic mass is 35.5. The monoisotopic (exact) mass is 183 g/mol. The van der Waals surface area contributed by atoms with Gasteiger partial charge in [0.05, 0.1) is 0 Å². The SMILES string of the molecule is CNCc1ccn[nH]1.Cl.Cl. The first-order valence-corrected chi connectivity index (χ1v) is 2.56. The summed E-state index contributed by atoms with van der Waals surface area (Å²) in [7, 11) is 1.90. The minimum atomic E-state index is 0. The molecular formula is C5H11Cl2N3. The molecule has 1 rings (SSSR count). The summed E-state index contributed by atoms with van der Waals surface area (Å²) in [5.41, 5.74) is 1.12. The van der Waals surface area contributed by atoms with Gasteiger partial charge in [-0.05, 0) is 13.1 Å². The summed E-state index contributed by atoms with van der Waals surface area (Å²) >= 11 is 0. The molecule has 5 heteroatoms. The van der Waals surface area contributed by atoms with Crippen molar-refractivity contribution in [2.24, 2.45) is 0 Å². The smallest absolute Gasteiger partial charge is 0.0490 e. The van der Waals surface area contributed by atoms with Crippen molar-refractivity contribution in [1.82, 2.24) is 15.5 Å². The van der Waals surface area contributed by atoms with E-state index in [1.807, 2.05) is 13.1 Å². The molecule has 0 aliphatic rings. The average molecular weight is 184 g/mol. The van der Waals surface area contributed by atoms with Crippen LogP contribution in [0.3, 0.4) is 0 Å². The number of aromatic nitrogens is 2. The van der Waals surface area contributed by atoms with Crippen molar-refractivity contribution in [2.45, 2.75) is 6.54 Å². The van der Waals surface area contributed by atoms with E-state index in [4.69, 9.17) is 0 Å². The van der Waals surface area contributed by atoms with Gasteiger partial charge >= 0.3 is 0 Å². The van der Waals surface area contributed by atoms with E-state index in [-0.39, 0.29) is 24.8 Å². The molecule has 3 nitrogen and oxygen atoms in total. The van der Waals surface area contributed by atoms with Crippen molar-refractivity contribution in [3.63, 3.8) is 0 Å². The molecule has 0 radical (unpaired) electrons. The van der Waals surface area contributed by atoms with Gasteiger partial charge < -0.3 is 5.32 Å². The maximum atomic E-state index is 3.78. The normalized spacial score (nSPS) is 7.70. The summed E-state index contributed by atoms with van der Waals surface area (Å²) in [5, 5.41) is 9.60. The van der Waals surface area contributed by atoms with Crippen LogP contribution in [0.25, 0.3) is 0 Å². The van der Waals surface area contributed by atoms with Crippen LogP contribution in [0.4, 0.5) is 0 Å². The topological polar surface area (TPSA) is 40.7 Å². The number of hydrogen-bond acceptors (Lipinski definition) is 2. The van der Waals surface area contributed by atoms with Crippen LogP contribution in [0.1, 0.15) is 5.69 Å². The van der Waals surface area contributed by atoms with Gasteiger partial charge in [0.25, 0.3) is 0 Å². The zero-order chi connectivity index (χ0) is 5.82. The van der Waals surface area contributed by atoms with Crippen molar-refractivity contribution in [3.8, 4) is 0 Å². The predicted octanol–water partition coefficient (Wildman–Crippen LogP) is 0.973. The Morgan fingerprint density at radius 2 is 2.30 bits per heavy atom. The van der Waals surface area contributed by atoms with E-state index in [0.29, 0.717) is 0 Å². The molecule has 0 saturated carbocycles. The minimum absolute atomic E-state index is 0. The van der Waals surface area contributed by atoms with E-state index in [2.05, 4.69) is 15.5 Å². The van der Waals surface area contributed by atoms with Gasteiger partial charge in [-0.15, -0.1) is 24.8 Å². The highest BCUT2D eigenvalue weighted by Crippen LogP contribution is 1.87. The van der Waals surface area contributed by atoms with Crippen LogP contribution >= 0.6 is 24.8 Å². The molecule has 0 aliphatic carbocycles. The molecular weight excluding hydrogens is 173 g/mol. The fourth-order valence-corrected chi connectivity index (χ4v) is 0.574. The van der Waals surface area contributed by atoms with E-state index in [1.165, 1.54) is 0 Å². The Kier molecular flexibility index (Phi) is 8.53. The molecule has 1 aromatic heterocycles. The van der Waals surface area contributed by atoms with Crippen molar-refractivity contribution in [3.05, 3.63) is 18.0 Å². The summed E-state index contributed by atoms with van der Waals surface area (Å²) in [5.74, 6) is 0. The fourth-order valence-electron chi connectivity index (χ4n) is 0.574. The molecule has 10 heavy (non-hydrogen) atoms. The first-order valence-electron chi connectivity index (χ1n) is 2.56. The van der Waals surface area contributed by atoms with Crippen LogP contribution in [-0.4, -0.2) is 17.2 Å².